The molecule has 0 aliphatic carbocycles. The highest BCUT2D eigenvalue weighted by Crippen LogP contribution is 2.11. The standard InChI is InChI=1S/C14H19N5O/c1-3-4-12(15)14(20)18-11-5-6-13(17-9-11)19-8-7-16-10(19)2/h5-9,12H,3-4,15H2,1-2H3,(H,18,20)/t12-/m1/s1. The first kappa shape index (κ1) is 14.2. The summed E-state index contributed by atoms with van der Waals surface area (Å²) in [5.41, 5.74) is 6.40. The van der Waals surface area contributed by atoms with E-state index in [-0.39, 0.29) is 5.91 Å². The van der Waals surface area contributed by atoms with Crippen LogP contribution in [-0.4, -0.2) is 26.5 Å². The molecule has 2 aromatic heterocycles. The van der Waals surface area contributed by atoms with Gasteiger partial charge in [-0.3, -0.25) is 9.36 Å². The molecule has 0 spiro atoms. The molecule has 106 valence electrons. The third-order valence-electron chi connectivity index (χ3n) is 3.02. The molecule has 2 heterocycles. The van der Waals surface area contributed by atoms with Gasteiger partial charge in [-0.2, -0.15) is 0 Å². The fourth-order valence-electron chi connectivity index (χ4n) is 1.90. The van der Waals surface area contributed by atoms with Crippen molar-refractivity contribution < 1.29 is 4.79 Å². The van der Waals surface area contributed by atoms with Crippen LogP contribution in [0.25, 0.3) is 5.82 Å². The van der Waals surface area contributed by atoms with Gasteiger partial charge in [0.15, 0.2) is 0 Å². The molecule has 0 saturated heterocycles. The fraction of sp³-hybridized carbons (Fsp3) is 0.357. The van der Waals surface area contributed by atoms with Crippen molar-refractivity contribution in [2.24, 2.45) is 5.73 Å². The van der Waals surface area contributed by atoms with Crippen LogP contribution in [0.4, 0.5) is 5.69 Å². The molecule has 0 unspecified atom stereocenters. The number of hydrogen-bond donors (Lipinski definition) is 2. The molecule has 0 saturated carbocycles. The summed E-state index contributed by atoms with van der Waals surface area (Å²) in [6.07, 6.45) is 6.73. The second-order valence-corrected chi connectivity index (χ2v) is 4.63. The van der Waals surface area contributed by atoms with Gasteiger partial charge in [0.1, 0.15) is 11.6 Å². The first-order valence-electron chi connectivity index (χ1n) is 6.64. The van der Waals surface area contributed by atoms with E-state index in [9.17, 15) is 4.79 Å². The summed E-state index contributed by atoms with van der Waals surface area (Å²) in [4.78, 5) is 20.2. The van der Waals surface area contributed by atoms with Crippen LogP contribution in [0.3, 0.4) is 0 Å². The predicted octanol–water partition coefficient (Wildman–Crippen LogP) is 1.64. The smallest absolute Gasteiger partial charge is 0.241 e. The van der Waals surface area contributed by atoms with E-state index in [1.54, 1.807) is 18.5 Å². The summed E-state index contributed by atoms with van der Waals surface area (Å²) in [7, 11) is 0. The summed E-state index contributed by atoms with van der Waals surface area (Å²) >= 11 is 0. The summed E-state index contributed by atoms with van der Waals surface area (Å²) in [6, 6.07) is 3.16. The molecule has 6 nitrogen and oxygen atoms in total. The molecular weight excluding hydrogens is 254 g/mol. The van der Waals surface area contributed by atoms with E-state index in [2.05, 4.69) is 15.3 Å². The van der Waals surface area contributed by atoms with Gasteiger partial charge in [-0.15, -0.1) is 0 Å². The van der Waals surface area contributed by atoms with Gasteiger partial charge in [0.25, 0.3) is 0 Å². The van der Waals surface area contributed by atoms with E-state index in [0.29, 0.717) is 12.1 Å². The van der Waals surface area contributed by atoms with Crippen molar-refractivity contribution in [1.82, 2.24) is 14.5 Å². The van der Waals surface area contributed by atoms with E-state index < -0.39 is 6.04 Å². The average molecular weight is 273 g/mol. The van der Waals surface area contributed by atoms with Crippen LogP contribution in [0.1, 0.15) is 25.6 Å². The summed E-state index contributed by atoms with van der Waals surface area (Å²) in [5.74, 6) is 1.44. The Bertz CT molecular complexity index is 576. The van der Waals surface area contributed by atoms with Gasteiger partial charge in [0.05, 0.1) is 17.9 Å². The zero-order valence-electron chi connectivity index (χ0n) is 11.7. The third kappa shape index (κ3) is 3.21. The first-order valence-corrected chi connectivity index (χ1v) is 6.64. The number of imidazole rings is 1. The van der Waals surface area contributed by atoms with Gasteiger partial charge in [-0.1, -0.05) is 13.3 Å². The monoisotopic (exact) mass is 273 g/mol. The topological polar surface area (TPSA) is 85.8 Å². The van der Waals surface area contributed by atoms with Crippen molar-refractivity contribution in [2.45, 2.75) is 32.7 Å². The number of nitrogens with two attached hydrogens (primary N) is 1. The third-order valence-corrected chi connectivity index (χ3v) is 3.02. The van der Waals surface area contributed by atoms with Crippen LogP contribution in [0.5, 0.6) is 0 Å². The Hall–Kier alpha value is -2.21. The van der Waals surface area contributed by atoms with E-state index in [1.807, 2.05) is 30.7 Å². The molecule has 0 aromatic carbocycles. The number of hydrogen-bond acceptors (Lipinski definition) is 4. The zero-order valence-corrected chi connectivity index (χ0v) is 11.7. The lowest BCUT2D eigenvalue weighted by molar-refractivity contribution is -0.117. The molecule has 0 fully saturated rings. The molecule has 0 radical (unpaired) electrons. The number of anilines is 1. The molecule has 0 aliphatic heterocycles. The number of pyridine rings is 1. The minimum atomic E-state index is -0.476. The van der Waals surface area contributed by atoms with Crippen molar-refractivity contribution in [3.63, 3.8) is 0 Å². The Labute approximate surface area is 118 Å². The molecule has 6 heteroatoms. The molecule has 2 rings (SSSR count). The van der Waals surface area contributed by atoms with Crippen LogP contribution in [0.15, 0.2) is 30.7 Å². The second-order valence-electron chi connectivity index (χ2n) is 4.63. The summed E-state index contributed by atoms with van der Waals surface area (Å²) in [5, 5.41) is 2.76. The highest BCUT2D eigenvalue weighted by Gasteiger charge is 2.12. The SMILES string of the molecule is CCC[C@@H](N)C(=O)Nc1ccc(-n2ccnc2C)nc1. The van der Waals surface area contributed by atoms with Crippen molar-refractivity contribution >= 4 is 11.6 Å². The quantitative estimate of drug-likeness (QED) is 0.867. The molecule has 3 N–H and O–H groups in total. The molecule has 1 amide bonds. The highest BCUT2D eigenvalue weighted by atomic mass is 16.2. The molecule has 2 aromatic rings. The van der Waals surface area contributed by atoms with Gasteiger partial charge in [0.2, 0.25) is 5.91 Å². The maximum Gasteiger partial charge on any atom is 0.241 e. The lowest BCUT2D eigenvalue weighted by atomic mass is 10.1. The minimum absolute atomic E-state index is 0.180. The molecular formula is C14H19N5O. The van der Waals surface area contributed by atoms with E-state index >= 15 is 0 Å². The van der Waals surface area contributed by atoms with E-state index in [1.165, 1.54) is 0 Å². The van der Waals surface area contributed by atoms with Crippen molar-refractivity contribution in [1.29, 1.82) is 0 Å². The van der Waals surface area contributed by atoms with Gasteiger partial charge >= 0.3 is 0 Å². The number of nitrogens with one attached hydrogen (secondary N) is 1. The maximum atomic E-state index is 11.8. The normalized spacial score (nSPS) is 12.2. The lowest BCUT2D eigenvalue weighted by Crippen LogP contribution is -2.35. The zero-order chi connectivity index (χ0) is 14.5. The highest BCUT2D eigenvalue weighted by molar-refractivity contribution is 5.94. The van der Waals surface area contributed by atoms with E-state index in [0.717, 1.165) is 18.1 Å². The van der Waals surface area contributed by atoms with Crippen molar-refractivity contribution in [3.05, 3.63) is 36.5 Å². The number of aromatic nitrogens is 3. The predicted molar refractivity (Wildman–Crippen MR) is 77.6 cm³/mol. The minimum Gasteiger partial charge on any atom is -0.323 e. The second kappa shape index (κ2) is 6.29. The maximum absolute atomic E-state index is 11.8. The fourth-order valence-corrected chi connectivity index (χ4v) is 1.90. The van der Waals surface area contributed by atoms with Gasteiger partial charge in [0, 0.05) is 12.4 Å². The van der Waals surface area contributed by atoms with Gasteiger partial charge in [-0.05, 0) is 25.5 Å². The summed E-state index contributed by atoms with van der Waals surface area (Å²) in [6.45, 7) is 3.90. The van der Waals surface area contributed by atoms with Gasteiger partial charge < -0.3 is 11.1 Å². The van der Waals surface area contributed by atoms with Crippen molar-refractivity contribution in [2.75, 3.05) is 5.32 Å². The molecule has 0 aliphatic rings. The number of amides is 1. The van der Waals surface area contributed by atoms with Crippen LogP contribution < -0.4 is 11.1 Å². The Morgan fingerprint density at radius 2 is 2.25 bits per heavy atom. The largest absolute Gasteiger partial charge is 0.323 e. The van der Waals surface area contributed by atoms with Crippen LogP contribution >= 0.6 is 0 Å². The number of nitrogens with zero attached hydrogens (tertiary/aromatic N) is 3. The number of carbonyl (C=O) groups excluding carboxylic acids is 1. The van der Waals surface area contributed by atoms with Gasteiger partial charge in [-0.25, -0.2) is 9.97 Å². The first-order chi connectivity index (χ1) is 9.61. The Morgan fingerprint density at radius 3 is 2.80 bits per heavy atom. The molecule has 20 heavy (non-hydrogen) atoms. The molecule has 1 atom stereocenters. The average Bonchev–Trinajstić information content (AvgIpc) is 2.86. The number of rotatable bonds is 5. The number of carbonyl (C=O) groups is 1. The van der Waals surface area contributed by atoms with Crippen molar-refractivity contribution in [3.8, 4) is 5.82 Å². The van der Waals surface area contributed by atoms with E-state index in [4.69, 9.17) is 5.73 Å². The van der Waals surface area contributed by atoms with Crippen LogP contribution in [0.2, 0.25) is 0 Å². The molecule has 0 bridgehead atoms. The summed E-state index contributed by atoms with van der Waals surface area (Å²) < 4.78 is 1.87. The Kier molecular flexibility index (Phi) is 4.47. The van der Waals surface area contributed by atoms with Crippen LogP contribution in [0, 0.1) is 6.92 Å². The number of aryl methyl sites for hydroxylation is 1. The van der Waals surface area contributed by atoms with Crippen LogP contribution in [-0.2, 0) is 4.79 Å². The Morgan fingerprint density at radius 1 is 1.45 bits per heavy atom. The lowest BCUT2D eigenvalue weighted by Gasteiger charge is -2.11. The Balaban J connectivity index is 2.06.